The summed E-state index contributed by atoms with van der Waals surface area (Å²) in [6.07, 6.45) is 1.73. The SMILES string of the molecule is COc1ccc(-n2c(=O)n(C)c3cnc4ccc(Br)cc4c32)c(C)n1. The Morgan fingerprint density at radius 3 is 2.72 bits per heavy atom. The summed E-state index contributed by atoms with van der Waals surface area (Å²) in [6, 6.07) is 9.46. The highest BCUT2D eigenvalue weighted by atomic mass is 79.9. The summed E-state index contributed by atoms with van der Waals surface area (Å²) in [5.41, 5.74) is 3.71. The lowest BCUT2D eigenvalue weighted by Crippen LogP contribution is -2.21. The third-order valence-corrected chi connectivity index (χ3v) is 4.82. The number of methoxy groups -OCH3 is 1. The van der Waals surface area contributed by atoms with Crippen molar-refractivity contribution in [3.8, 4) is 11.6 Å². The first kappa shape index (κ1) is 15.8. The molecule has 4 aromatic rings. The minimum Gasteiger partial charge on any atom is -0.481 e. The zero-order valence-corrected chi connectivity index (χ0v) is 15.5. The topological polar surface area (TPSA) is 61.9 Å². The summed E-state index contributed by atoms with van der Waals surface area (Å²) in [4.78, 5) is 21.8. The number of nitrogens with zero attached hydrogens (tertiary/aromatic N) is 4. The van der Waals surface area contributed by atoms with Gasteiger partial charge in [0.2, 0.25) is 5.88 Å². The summed E-state index contributed by atoms with van der Waals surface area (Å²) in [5, 5.41) is 0.903. The van der Waals surface area contributed by atoms with Crippen molar-refractivity contribution in [2.75, 3.05) is 7.11 Å². The number of rotatable bonds is 2. The third kappa shape index (κ3) is 2.34. The molecule has 7 heteroatoms. The molecule has 3 aromatic heterocycles. The van der Waals surface area contributed by atoms with Crippen molar-refractivity contribution in [3.63, 3.8) is 0 Å². The van der Waals surface area contributed by atoms with E-state index in [9.17, 15) is 4.79 Å². The second kappa shape index (κ2) is 5.70. The maximum absolute atomic E-state index is 13.0. The Morgan fingerprint density at radius 2 is 2.00 bits per heavy atom. The Morgan fingerprint density at radius 1 is 1.20 bits per heavy atom. The summed E-state index contributed by atoms with van der Waals surface area (Å²) < 4.78 is 9.40. The molecule has 0 amide bonds. The Bertz CT molecular complexity index is 1190. The fraction of sp³-hybridized carbons (Fsp3) is 0.167. The van der Waals surface area contributed by atoms with E-state index in [1.807, 2.05) is 31.2 Å². The highest BCUT2D eigenvalue weighted by Gasteiger charge is 2.18. The first-order chi connectivity index (χ1) is 12.0. The fourth-order valence-electron chi connectivity index (χ4n) is 3.07. The Hall–Kier alpha value is -2.67. The minimum atomic E-state index is -0.139. The number of halogens is 1. The monoisotopic (exact) mass is 398 g/mol. The van der Waals surface area contributed by atoms with E-state index in [-0.39, 0.29) is 5.69 Å². The van der Waals surface area contributed by atoms with Crippen molar-refractivity contribution in [2.24, 2.45) is 7.05 Å². The van der Waals surface area contributed by atoms with Crippen LogP contribution in [-0.4, -0.2) is 26.2 Å². The summed E-state index contributed by atoms with van der Waals surface area (Å²) in [6.45, 7) is 1.86. The molecule has 25 heavy (non-hydrogen) atoms. The van der Waals surface area contributed by atoms with Gasteiger partial charge in [-0.05, 0) is 31.2 Å². The van der Waals surface area contributed by atoms with Crippen molar-refractivity contribution < 1.29 is 4.74 Å². The maximum Gasteiger partial charge on any atom is 0.333 e. The Labute approximate surface area is 151 Å². The number of fused-ring (bicyclic) bond motifs is 3. The molecule has 0 saturated carbocycles. The molecule has 0 atom stereocenters. The second-order valence-electron chi connectivity index (χ2n) is 5.79. The average Bonchev–Trinajstić information content (AvgIpc) is 2.86. The van der Waals surface area contributed by atoms with Crippen LogP contribution in [0.25, 0.3) is 27.6 Å². The molecular formula is C18H15BrN4O2. The van der Waals surface area contributed by atoms with E-state index in [2.05, 4.69) is 25.9 Å². The van der Waals surface area contributed by atoms with Crippen LogP contribution in [0.2, 0.25) is 0 Å². The van der Waals surface area contributed by atoms with E-state index >= 15 is 0 Å². The molecule has 0 unspecified atom stereocenters. The lowest BCUT2D eigenvalue weighted by molar-refractivity contribution is 0.397. The lowest BCUT2D eigenvalue weighted by Gasteiger charge is -2.09. The molecule has 0 fully saturated rings. The van der Waals surface area contributed by atoms with Gasteiger partial charge in [0, 0.05) is 23.0 Å². The number of benzene rings is 1. The number of hydrogen-bond donors (Lipinski definition) is 0. The number of hydrogen-bond acceptors (Lipinski definition) is 4. The predicted molar refractivity (Wildman–Crippen MR) is 101 cm³/mol. The molecule has 0 aliphatic heterocycles. The van der Waals surface area contributed by atoms with E-state index in [4.69, 9.17) is 4.74 Å². The number of imidazole rings is 1. The summed E-state index contributed by atoms with van der Waals surface area (Å²) >= 11 is 3.51. The molecule has 3 heterocycles. The van der Waals surface area contributed by atoms with Crippen LogP contribution in [0.4, 0.5) is 0 Å². The first-order valence-electron chi connectivity index (χ1n) is 7.69. The van der Waals surface area contributed by atoms with Gasteiger partial charge in [-0.15, -0.1) is 0 Å². The van der Waals surface area contributed by atoms with Crippen molar-refractivity contribution in [1.82, 2.24) is 19.1 Å². The van der Waals surface area contributed by atoms with Crippen molar-refractivity contribution in [3.05, 3.63) is 57.2 Å². The summed E-state index contributed by atoms with van der Waals surface area (Å²) in [7, 11) is 3.32. The number of aromatic nitrogens is 4. The van der Waals surface area contributed by atoms with Crippen LogP contribution in [-0.2, 0) is 7.05 Å². The van der Waals surface area contributed by atoms with Gasteiger partial charge in [-0.3, -0.25) is 14.1 Å². The number of aryl methyl sites for hydroxylation is 2. The number of pyridine rings is 2. The van der Waals surface area contributed by atoms with Crippen LogP contribution in [0.1, 0.15) is 5.69 Å². The van der Waals surface area contributed by atoms with E-state index in [1.165, 1.54) is 0 Å². The lowest BCUT2D eigenvalue weighted by atomic mass is 10.2. The van der Waals surface area contributed by atoms with Crippen LogP contribution in [0.15, 0.2) is 45.8 Å². The standard InChI is InChI=1S/C18H15BrN4O2/c1-10-14(6-7-16(21-10)25-3)23-17-12-8-11(19)4-5-13(12)20-9-15(17)22(2)18(23)24/h4-9H,1-3H3. The van der Waals surface area contributed by atoms with Crippen molar-refractivity contribution in [1.29, 1.82) is 0 Å². The highest BCUT2D eigenvalue weighted by Crippen LogP contribution is 2.28. The largest absolute Gasteiger partial charge is 0.481 e. The van der Waals surface area contributed by atoms with E-state index in [0.29, 0.717) is 11.6 Å². The smallest absolute Gasteiger partial charge is 0.333 e. The zero-order chi connectivity index (χ0) is 17.7. The van der Waals surface area contributed by atoms with Crippen LogP contribution in [0, 0.1) is 6.92 Å². The first-order valence-corrected chi connectivity index (χ1v) is 8.48. The van der Waals surface area contributed by atoms with Gasteiger partial charge in [-0.2, -0.15) is 0 Å². The van der Waals surface area contributed by atoms with Gasteiger partial charge in [-0.1, -0.05) is 15.9 Å². The van der Waals surface area contributed by atoms with Gasteiger partial charge in [0.15, 0.2) is 0 Å². The molecule has 0 bridgehead atoms. The van der Waals surface area contributed by atoms with Gasteiger partial charge < -0.3 is 4.74 Å². The molecule has 0 aliphatic carbocycles. The van der Waals surface area contributed by atoms with Crippen LogP contribution < -0.4 is 10.4 Å². The van der Waals surface area contributed by atoms with Gasteiger partial charge in [0.1, 0.15) is 0 Å². The minimum absolute atomic E-state index is 0.139. The predicted octanol–water partition coefficient (Wildman–Crippen LogP) is 3.35. The second-order valence-corrected chi connectivity index (χ2v) is 6.70. The highest BCUT2D eigenvalue weighted by molar-refractivity contribution is 9.10. The zero-order valence-electron chi connectivity index (χ0n) is 13.9. The molecule has 0 saturated heterocycles. The fourth-order valence-corrected chi connectivity index (χ4v) is 3.43. The van der Waals surface area contributed by atoms with Gasteiger partial charge in [-0.25, -0.2) is 9.78 Å². The normalized spacial score (nSPS) is 11.4. The van der Waals surface area contributed by atoms with Gasteiger partial charge in [0.25, 0.3) is 0 Å². The summed E-state index contributed by atoms with van der Waals surface area (Å²) in [5.74, 6) is 0.517. The van der Waals surface area contributed by atoms with E-state index in [1.54, 1.807) is 35.6 Å². The van der Waals surface area contributed by atoms with Crippen LogP contribution in [0.3, 0.4) is 0 Å². The van der Waals surface area contributed by atoms with Crippen LogP contribution >= 0.6 is 15.9 Å². The van der Waals surface area contributed by atoms with Crippen molar-refractivity contribution in [2.45, 2.75) is 6.92 Å². The average molecular weight is 399 g/mol. The molecule has 1 aromatic carbocycles. The molecule has 0 N–H and O–H groups in total. The molecule has 6 nitrogen and oxygen atoms in total. The quantitative estimate of drug-likeness (QED) is 0.519. The van der Waals surface area contributed by atoms with Gasteiger partial charge in [0.05, 0.1) is 41.2 Å². The van der Waals surface area contributed by atoms with E-state index in [0.717, 1.165) is 32.1 Å². The Kier molecular flexibility index (Phi) is 3.61. The van der Waals surface area contributed by atoms with E-state index < -0.39 is 0 Å². The maximum atomic E-state index is 13.0. The van der Waals surface area contributed by atoms with Crippen molar-refractivity contribution >= 4 is 37.9 Å². The van der Waals surface area contributed by atoms with Gasteiger partial charge >= 0.3 is 5.69 Å². The Balaban J connectivity index is 2.19. The molecule has 0 aliphatic rings. The number of ether oxygens (including phenoxy) is 1. The molecular weight excluding hydrogens is 384 g/mol. The third-order valence-electron chi connectivity index (χ3n) is 4.33. The molecule has 0 radical (unpaired) electrons. The molecule has 126 valence electrons. The van der Waals surface area contributed by atoms with Crippen LogP contribution in [0.5, 0.6) is 5.88 Å². The molecule has 0 spiro atoms. The molecule has 4 rings (SSSR count).